The summed E-state index contributed by atoms with van der Waals surface area (Å²) in [7, 11) is 0. The molecule has 0 unspecified atom stereocenters. The molecule has 0 aromatic carbocycles. The lowest BCUT2D eigenvalue weighted by Gasteiger charge is -2.29. The smallest absolute Gasteiger partial charge is 0.306 e. The van der Waals surface area contributed by atoms with Crippen LogP contribution in [0.25, 0.3) is 0 Å². The summed E-state index contributed by atoms with van der Waals surface area (Å²) >= 11 is 0. The van der Waals surface area contributed by atoms with E-state index in [1.54, 1.807) is 0 Å². The van der Waals surface area contributed by atoms with E-state index in [9.17, 15) is 9.59 Å². The van der Waals surface area contributed by atoms with Gasteiger partial charge in [-0.3, -0.25) is 9.59 Å². The van der Waals surface area contributed by atoms with Gasteiger partial charge in [0.15, 0.2) is 0 Å². The van der Waals surface area contributed by atoms with Gasteiger partial charge in [-0.15, -0.1) is 0 Å². The van der Waals surface area contributed by atoms with Gasteiger partial charge in [-0.2, -0.15) is 0 Å². The van der Waals surface area contributed by atoms with E-state index in [4.69, 9.17) is 9.47 Å². The molecule has 0 aliphatic carbocycles. The van der Waals surface area contributed by atoms with E-state index in [1.165, 1.54) is 0 Å². The van der Waals surface area contributed by atoms with Gasteiger partial charge in [0.2, 0.25) is 0 Å². The largest absolute Gasteiger partial charge is 0.465 e. The van der Waals surface area contributed by atoms with Crippen molar-refractivity contribution in [2.45, 2.75) is 104 Å². The highest BCUT2D eigenvalue weighted by Crippen LogP contribution is 2.24. The summed E-state index contributed by atoms with van der Waals surface area (Å²) in [4.78, 5) is 23.9. The first-order valence-corrected chi connectivity index (χ1v) is 9.78. The van der Waals surface area contributed by atoms with Crippen molar-refractivity contribution < 1.29 is 19.1 Å². The molecule has 0 fully saturated rings. The molecule has 0 amide bonds. The number of ether oxygens (including phenoxy) is 2. The maximum absolute atomic E-state index is 12.0. The van der Waals surface area contributed by atoms with Crippen LogP contribution in [0.2, 0.25) is 0 Å². The average molecular weight is 343 g/mol. The zero-order chi connectivity index (χ0) is 18.4. The second-order valence-corrected chi connectivity index (χ2v) is 7.05. The van der Waals surface area contributed by atoms with Gasteiger partial charge in [0.1, 0.15) is 5.60 Å². The van der Waals surface area contributed by atoms with Crippen LogP contribution in [0.5, 0.6) is 0 Å². The maximum Gasteiger partial charge on any atom is 0.306 e. The lowest BCUT2D eigenvalue weighted by molar-refractivity contribution is -0.162. The maximum atomic E-state index is 12.0. The normalized spacial score (nSPS) is 11.6. The summed E-state index contributed by atoms with van der Waals surface area (Å²) in [6.45, 7) is 10.9. The summed E-state index contributed by atoms with van der Waals surface area (Å²) in [5.41, 5.74) is -0.405. The Morgan fingerprint density at radius 2 is 1.33 bits per heavy atom. The predicted molar refractivity (Wildman–Crippen MR) is 97.8 cm³/mol. The standard InChI is InChI=1S/C20H38O4/c1-6-10-17(11-7-2)16-23-18(21)12-13-19(22)24-20(5,14-8-3)15-9-4/h17H,6-16H2,1-5H3. The van der Waals surface area contributed by atoms with E-state index in [-0.39, 0.29) is 24.8 Å². The fourth-order valence-corrected chi connectivity index (χ4v) is 3.23. The Labute approximate surface area is 148 Å². The van der Waals surface area contributed by atoms with E-state index in [2.05, 4.69) is 27.7 Å². The molecule has 0 saturated carbocycles. The Morgan fingerprint density at radius 3 is 1.79 bits per heavy atom. The van der Waals surface area contributed by atoms with E-state index in [0.29, 0.717) is 12.5 Å². The van der Waals surface area contributed by atoms with Crippen LogP contribution >= 0.6 is 0 Å². The van der Waals surface area contributed by atoms with Crippen molar-refractivity contribution in [2.24, 2.45) is 5.92 Å². The molecule has 0 rings (SSSR count). The summed E-state index contributed by atoms with van der Waals surface area (Å²) in [6.07, 6.45) is 8.23. The average Bonchev–Trinajstić information content (AvgIpc) is 2.51. The van der Waals surface area contributed by atoms with Crippen molar-refractivity contribution in [3.05, 3.63) is 0 Å². The number of hydrogen-bond acceptors (Lipinski definition) is 4. The molecule has 0 spiro atoms. The van der Waals surface area contributed by atoms with Gasteiger partial charge >= 0.3 is 11.9 Å². The lowest BCUT2D eigenvalue weighted by Crippen LogP contribution is -2.31. The Balaban J connectivity index is 4.17. The Hall–Kier alpha value is -1.06. The quantitative estimate of drug-likeness (QED) is 0.395. The SMILES string of the molecule is CCCC(CCC)COC(=O)CCC(=O)OC(C)(CCC)CCC. The van der Waals surface area contributed by atoms with Crippen LogP contribution in [0.1, 0.15) is 98.8 Å². The summed E-state index contributed by atoms with van der Waals surface area (Å²) in [5.74, 6) is -0.153. The second kappa shape index (κ2) is 13.3. The van der Waals surface area contributed by atoms with Crippen molar-refractivity contribution in [3.63, 3.8) is 0 Å². The third-order valence-electron chi connectivity index (χ3n) is 4.33. The molecule has 4 nitrogen and oxygen atoms in total. The Morgan fingerprint density at radius 1 is 0.833 bits per heavy atom. The van der Waals surface area contributed by atoms with Crippen LogP contribution in [-0.2, 0) is 19.1 Å². The summed E-state index contributed by atoms with van der Waals surface area (Å²) in [5, 5.41) is 0. The molecule has 0 aromatic rings. The highest BCUT2D eigenvalue weighted by atomic mass is 16.6. The van der Waals surface area contributed by atoms with E-state index >= 15 is 0 Å². The van der Waals surface area contributed by atoms with Crippen molar-refractivity contribution >= 4 is 11.9 Å². The molecule has 0 N–H and O–H groups in total. The van der Waals surface area contributed by atoms with Gasteiger partial charge in [-0.1, -0.05) is 53.4 Å². The number of carbonyl (C=O) groups excluding carboxylic acids is 2. The Bertz CT molecular complexity index is 340. The topological polar surface area (TPSA) is 52.6 Å². The molecule has 0 aliphatic rings. The lowest BCUT2D eigenvalue weighted by atomic mass is 9.95. The zero-order valence-corrected chi connectivity index (χ0v) is 16.5. The first-order chi connectivity index (χ1) is 11.4. The third kappa shape index (κ3) is 10.7. The van der Waals surface area contributed by atoms with E-state index in [0.717, 1.165) is 51.4 Å². The number of hydrogen-bond donors (Lipinski definition) is 0. The molecule has 0 atom stereocenters. The van der Waals surface area contributed by atoms with Crippen LogP contribution in [0.3, 0.4) is 0 Å². The number of rotatable bonds is 14. The van der Waals surface area contributed by atoms with Crippen molar-refractivity contribution in [1.82, 2.24) is 0 Å². The highest BCUT2D eigenvalue weighted by molar-refractivity contribution is 5.77. The summed E-state index contributed by atoms with van der Waals surface area (Å²) in [6, 6.07) is 0. The molecule has 0 saturated heterocycles. The van der Waals surface area contributed by atoms with Crippen LogP contribution in [0.4, 0.5) is 0 Å². The van der Waals surface area contributed by atoms with Gasteiger partial charge in [-0.05, 0) is 38.5 Å². The molecule has 0 aliphatic heterocycles. The molecule has 0 radical (unpaired) electrons. The van der Waals surface area contributed by atoms with Crippen LogP contribution < -0.4 is 0 Å². The van der Waals surface area contributed by atoms with Crippen molar-refractivity contribution in [3.8, 4) is 0 Å². The monoisotopic (exact) mass is 342 g/mol. The molecule has 142 valence electrons. The van der Waals surface area contributed by atoms with E-state index in [1.807, 2.05) is 6.92 Å². The van der Waals surface area contributed by atoms with Crippen molar-refractivity contribution in [1.29, 1.82) is 0 Å². The molecular formula is C20H38O4. The molecule has 0 heterocycles. The van der Waals surface area contributed by atoms with Gasteiger partial charge in [0.25, 0.3) is 0 Å². The van der Waals surface area contributed by atoms with Gasteiger partial charge < -0.3 is 9.47 Å². The molecule has 0 bridgehead atoms. The number of esters is 2. The minimum atomic E-state index is -0.405. The number of carbonyl (C=O) groups is 2. The zero-order valence-electron chi connectivity index (χ0n) is 16.5. The predicted octanol–water partition coefficient (Wildman–Crippen LogP) is 5.43. The van der Waals surface area contributed by atoms with E-state index < -0.39 is 5.60 Å². The second-order valence-electron chi connectivity index (χ2n) is 7.05. The van der Waals surface area contributed by atoms with Crippen LogP contribution in [0.15, 0.2) is 0 Å². The minimum absolute atomic E-state index is 0.105. The fourth-order valence-electron chi connectivity index (χ4n) is 3.23. The van der Waals surface area contributed by atoms with Crippen LogP contribution in [0, 0.1) is 5.92 Å². The molecule has 24 heavy (non-hydrogen) atoms. The third-order valence-corrected chi connectivity index (χ3v) is 4.33. The first kappa shape index (κ1) is 22.9. The fraction of sp³-hybridized carbons (Fsp3) is 0.900. The van der Waals surface area contributed by atoms with Gasteiger partial charge in [0.05, 0.1) is 19.4 Å². The van der Waals surface area contributed by atoms with Crippen LogP contribution in [-0.4, -0.2) is 24.1 Å². The molecule has 0 aromatic heterocycles. The van der Waals surface area contributed by atoms with Crippen molar-refractivity contribution in [2.75, 3.05) is 6.61 Å². The first-order valence-electron chi connectivity index (χ1n) is 9.78. The van der Waals surface area contributed by atoms with Gasteiger partial charge in [-0.25, -0.2) is 0 Å². The minimum Gasteiger partial charge on any atom is -0.465 e. The molecule has 4 heteroatoms. The Kier molecular flexibility index (Phi) is 12.7. The highest BCUT2D eigenvalue weighted by Gasteiger charge is 2.27. The molecular weight excluding hydrogens is 304 g/mol. The van der Waals surface area contributed by atoms with Gasteiger partial charge in [0, 0.05) is 0 Å². The summed E-state index contributed by atoms with van der Waals surface area (Å²) < 4.78 is 11.0.